The van der Waals surface area contributed by atoms with E-state index < -0.39 is 36.1 Å². The van der Waals surface area contributed by atoms with Gasteiger partial charge in [0.2, 0.25) is 11.8 Å². The Labute approximate surface area is 214 Å². The van der Waals surface area contributed by atoms with Gasteiger partial charge in [-0.2, -0.15) is 0 Å². The smallest absolute Gasteiger partial charge is 0.408 e. The van der Waals surface area contributed by atoms with Crippen molar-refractivity contribution in [1.29, 1.82) is 0 Å². The van der Waals surface area contributed by atoms with E-state index in [0.29, 0.717) is 16.7 Å². The van der Waals surface area contributed by atoms with Crippen LogP contribution in [0.5, 0.6) is 0 Å². The van der Waals surface area contributed by atoms with Crippen LogP contribution in [0.2, 0.25) is 0 Å². The Morgan fingerprint density at radius 1 is 0.811 bits per heavy atom. The Balaban J connectivity index is 1.60. The summed E-state index contributed by atoms with van der Waals surface area (Å²) < 4.78 is 5.11. The van der Waals surface area contributed by atoms with E-state index in [1.807, 2.05) is 12.1 Å². The fourth-order valence-corrected chi connectivity index (χ4v) is 3.57. The quantitative estimate of drug-likeness (QED) is 0.295. The van der Waals surface area contributed by atoms with Crippen molar-refractivity contribution in [2.75, 3.05) is 0 Å². The molecule has 9 heteroatoms. The molecule has 0 aliphatic heterocycles. The van der Waals surface area contributed by atoms with Crippen LogP contribution in [0.1, 0.15) is 34.0 Å². The number of amides is 3. The van der Waals surface area contributed by atoms with E-state index in [4.69, 9.17) is 10.5 Å². The molecule has 0 aliphatic rings. The summed E-state index contributed by atoms with van der Waals surface area (Å²) in [5.41, 5.74) is 7.92. The highest BCUT2D eigenvalue weighted by Crippen LogP contribution is 2.13. The first-order valence-electron chi connectivity index (χ1n) is 11.7. The number of hydrogen-bond donors (Lipinski definition) is 4. The number of nitrogens with one attached hydrogen (secondary N) is 2. The van der Waals surface area contributed by atoms with Crippen molar-refractivity contribution in [3.05, 3.63) is 107 Å². The van der Waals surface area contributed by atoms with Gasteiger partial charge in [-0.3, -0.25) is 14.4 Å². The van der Waals surface area contributed by atoms with E-state index in [0.717, 1.165) is 5.56 Å². The Bertz CT molecular complexity index is 1210. The number of benzene rings is 3. The molecule has 0 aromatic heterocycles. The third-order valence-corrected chi connectivity index (χ3v) is 5.60. The van der Waals surface area contributed by atoms with Crippen molar-refractivity contribution in [2.24, 2.45) is 5.73 Å². The predicted octanol–water partition coefficient (Wildman–Crippen LogP) is 2.11. The summed E-state index contributed by atoms with van der Waals surface area (Å²) in [5, 5.41) is 14.9. The van der Waals surface area contributed by atoms with Crippen molar-refractivity contribution in [3.8, 4) is 0 Å². The zero-order chi connectivity index (χ0) is 26.8. The fourth-order valence-electron chi connectivity index (χ4n) is 3.57. The number of alkyl carbamates (subject to hydrolysis) is 1. The molecule has 3 amide bonds. The number of nitrogens with two attached hydrogens (primary N) is 1. The molecule has 0 heterocycles. The standard InChI is InChI=1S/C28H29N3O6/c1-18(32)24(31-28(36)37-17-20-8-4-2-5-9-20)27(35)30-23(26(29)34)16-19-12-14-22(15-13-19)25(33)21-10-6-3-7-11-21/h2-15,18,23-24,32H,16-17H2,1H3,(H2,29,34)(H,30,35)(H,31,36)/t18-,23-,24+/m1/s1. The lowest BCUT2D eigenvalue weighted by Crippen LogP contribution is -2.57. The van der Waals surface area contributed by atoms with Gasteiger partial charge in [-0.05, 0) is 18.1 Å². The number of aliphatic hydroxyl groups is 1. The largest absolute Gasteiger partial charge is 0.445 e. The van der Waals surface area contributed by atoms with Gasteiger partial charge in [0.05, 0.1) is 6.10 Å². The number of aliphatic hydroxyl groups excluding tert-OH is 1. The SMILES string of the molecule is C[C@@H](O)[C@H](NC(=O)OCc1ccccc1)C(=O)N[C@H](Cc1ccc(C(=O)c2ccccc2)cc1)C(N)=O. The van der Waals surface area contributed by atoms with Crippen molar-refractivity contribution in [3.63, 3.8) is 0 Å². The van der Waals surface area contributed by atoms with Gasteiger partial charge >= 0.3 is 6.09 Å². The summed E-state index contributed by atoms with van der Waals surface area (Å²) in [6.07, 6.45) is -2.13. The molecule has 0 spiro atoms. The van der Waals surface area contributed by atoms with E-state index in [2.05, 4.69) is 10.6 Å². The van der Waals surface area contributed by atoms with Crippen LogP contribution < -0.4 is 16.4 Å². The molecule has 3 aromatic carbocycles. The Kier molecular flexibility index (Phi) is 9.51. The molecule has 0 bridgehead atoms. The van der Waals surface area contributed by atoms with Gasteiger partial charge in [0.15, 0.2) is 5.78 Å². The van der Waals surface area contributed by atoms with E-state index in [1.54, 1.807) is 72.8 Å². The lowest BCUT2D eigenvalue weighted by Gasteiger charge is -2.23. The molecule has 0 aliphatic carbocycles. The first kappa shape index (κ1) is 27.1. The number of carbonyl (C=O) groups excluding carboxylic acids is 4. The van der Waals surface area contributed by atoms with E-state index in [1.165, 1.54) is 6.92 Å². The number of carbonyl (C=O) groups is 4. The number of ether oxygens (including phenoxy) is 1. The minimum absolute atomic E-state index is 0.0203. The zero-order valence-electron chi connectivity index (χ0n) is 20.3. The number of ketones is 1. The normalized spacial score (nSPS) is 13.0. The Morgan fingerprint density at radius 3 is 1.95 bits per heavy atom. The van der Waals surface area contributed by atoms with Gasteiger partial charge in [0, 0.05) is 17.5 Å². The van der Waals surface area contributed by atoms with Crippen molar-refractivity contribution in [1.82, 2.24) is 10.6 Å². The number of primary amides is 1. The lowest BCUT2D eigenvalue weighted by molar-refractivity contribution is -0.130. The third kappa shape index (κ3) is 8.01. The van der Waals surface area contributed by atoms with Crippen LogP contribution in [-0.4, -0.2) is 47.0 Å². The molecule has 0 fully saturated rings. The molecule has 9 nitrogen and oxygen atoms in total. The van der Waals surface area contributed by atoms with Crippen molar-refractivity contribution < 1.29 is 29.0 Å². The minimum Gasteiger partial charge on any atom is -0.445 e. The van der Waals surface area contributed by atoms with Gasteiger partial charge in [-0.15, -0.1) is 0 Å². The first-order valence-corrected chi connectivity index (χ1v) is 11.7. The van der Waals surface area contributed by atoms with Gasteiger partial charge in [0.25, 0.3) is 0 Å². The summed E-state index contributed by atoms with van der Waals surface area (Å²) in [7, 11) is 0. The van der Waals surface area contributed by atoms with Gasteiger partial charge < -0.3 is 26.2 Å². The van der Waals surface area contributed by atoms with Crippen molar-refractivity contribution >= 4 is 23.7 Å². The van der Waals surface area contributed by atoms with Gasteiger partial charge in [0.1, 0.15) is 18.7 Å². The second-order valence-electron chi connectivity index (χ2n) is 8.48. The monoisotopic (exact) mass is 503 g/mol. The van der Waals surface area contributed by atoms with E-state index in [9.17, 15) is 24.3 Å². The second kappa shape index (κ2) is 13.0. The maximum atomic E-state index is 12.8. The van der Waals surface area contributed by atoms with Crippen LogP contribution >= 0.6 is 0 Å². The van der Waals surface area contributed by atoms with Gasteiger partial charge in [-0.1, -0.05) is 84.9 Å². The summed E-state index contributed by atoms with van der Waals surface area (Å²) in [4.78, 5) is 49.6. The first-order chi connectivity index (χ1) is 17.7. The maximum Gasteiger partial charge on any atom is 0.408 e. The van der Waals surface area contributed by atoms with Crippen LogP contribution in [0, 0.1) is 0 Å². The number of hydrogen-bond acceptors (Lipinski definition) is 6. The molecule has 3 atom stereocenters. The average molecular weight is 504 g/mol. The number of rotatable bonds is 11. The molecule has 0 radical (unpaired) electrons. The Morgan fingerprint density at radius 2 is 1.38 bits per heavy atom. The Hall–Kier alpha value is -4.50. The second-order valence-corrected chi connectivity index (χ2v) is 8.48. The molecule has 192 valence electrons. The summed E-state index contributed by atoms with van der Waals surface area (Å²) in [6.45, 7) is 1.30. The summed E-state index contributed by atoms with van der Waals surface area (Å²) >= 11 is 0. The maximum absolute atomic E-state index is 12.8. The van der Waals surface area contributed by atoms with Crippen LogP contribution in [0.3, 0.4) is 0 Å². The summed E-state index contributed by atoms with van der Waals surface area (Å²) in [6, 6.07) is 21.9. The predicted molar refractivity (Wildman–Crippen MR) is 136 cm³/mol. The average Bonchev–Trinajstić information content (AvgIpc) is 2.91. The highest BCUT2D eigenvalue weighted by Gasteiger charge is 2.29. The minimum atomic E-state index is -1.38. The molecule has 0 unspecified atom stereocenters. The third-order valence-electron chi connectivity index (χ3n) is 5.60. The van der Waals surface area contributed by atoms with Crippen molar-refractivity contribution in [2.45, 2.75) is 38.1 Å². The highest BCUT2D eigenvalue weighted by atomic mass is 16.5. The molecule has 5 N–H and O–H groups in total. The van der Waals surface area contributed by atoms with Gasteiger partial charge in [-0.25, -0.2) is 4.79 Å². The van der Waals surface area contributed by atoms with E-state index in [-0.39, 0.29) is 18.8 Å². The van der Waals surface area contributed by atoms with Crippen LogP contribution in [0.15, 0.2) is 84.9 Å². The molecule has 0 saturated carbocycles. The van der Waals surface area contributed by atoms with E-state index >= 15 is 0 Å². The molecular weight excluding hydrogens is 474 g/mol. The van der Waals surface area contributed by atoms with Crippen LogP contribution in [-0.2, 0) is 27.4 Å². The van der Waals surface area contributed by atoms with Crippen LogP contribution in [0.4, 0.5) is 4.79 Å². The topological polar surface area (TPSA) is 148 Å². The highest BCUT2D eigenvalue weighted by molar-refractivity contribution is 6.08. The molecular formula is C28H29N3O6. The van der Waals surface area contributed by atoms with Crippen LogP contribution in [0.25, 0.3) is 0 Å². The molecule has 3 aromatic rings. The molecule has 3 rings (SSSR count). The zero-order valence-corrected chi connectivity index (χ0v) is 20.3. The summed E-state index contributed by atoms with van der Waals surface area (Å²) in [5.74, 6) is -1.74. The lowest BCUT2D eigenvalue weighted by atomic mass is 9.99. The fraction of sp³-hybridized carbons (Fsp3) is 0.214. The molecule has 37 heavy (non-hydrogen) atoms. The molecule has 0 saturated heterocycles.